The van der Waals surface area contributed by atoms with Gasteiger partial charge in [0.15, 0.2) is 11.5 Å². The smallest absolute Gasteiger partial charge is 0.231 e. The van der Waals surface area contributed by atoms with E-state index in [1.807, 2.05) is 12.1 Å². The van der Waals surface area contributed by atoms with E-state index in [1.165, 1.54) is 24.8 Å². The third kappa shape index (κ3) is 2.44. The van der Waals surface area contributed by atoms with Gasteiger partial charge in [-0.15, -0.1) is 0 Å². The van der Waals surface area contributed by atoms with Crippen LogP contribution in [0, 0.1) is 5.41 Å². The Morgan fingerprint density at radius 2 is 2.20 bits per heavy atom. The fourth-order valence-corrected chi connectivity index (χ4v) is 3.23. The highest BCUT2D eigenvalue weighted by Gasteiger charge is 2.33. The Bertz CT molecular complexity index is 499. The summed E-state index contributed by atoms with van der Waals surface area (Å²) < 4.78 is 16.3. The number of hydrogen-bond acceptors (Lipinski definition) is 4. The minimum Gasteiger partial charge on any atom is -0.493 e. The van der Waals surface area contributed by atoms with Gasteiger partial charge in [-0.2, -0.15) is 0 Å². The highest BCUT2D eigenvalue weighted by atomic mass is 16.7. The molecule has 20 heavy (non-hydrogen) atoms. The zero-order chi connectivity index (χ0) is 14.2. The fraction of sp³-hybridized carbons (Fsp3) is 0.625. The topological polar surface area (TPSA) is 39.7 Å². The number of ether oxygens (including phenoxy) is 3. The van der Waals surface area contributed by atoms with E-state index in [0.717, 1.165) is 23.8 Å². The van der Waals surface area contributed by atoms with E-state index in [1.54, 1.807) is 7.11 Å². The number of fused-ring (bicyclic) bond motifs is 1. The third-order valence-corrected chi connectivity index (χ3v) is 4.53. The molecule has 0 spiro atoms. The van der Waals surface area contributed by atoms with Gasteiger partial charge in [0.25, 0.3) is 0 Å². The Labute approximate surface area is 120 Å². The SMILES string of the molecule is COc1cc(CNC2CCCC2(C)C)cc2c1OCO2. The van der Waals surface area contributed by atoms with Gasteiger partial charge in [-0.3, -0.25) is 0 Å². The van der Waals surface area contributed by atoms with E-state index in [2.05, 4.69) is 19.2 Å². The van der Waals surface area contributed by atoms with E-state index in [-0.39, 0.29) is 6.79 Å². The molecule has 110 valence electrons. The lowest BCUT2D eigenvalue weighted by atomic mass is 9.87. The van der Waals surface area contributed by atoms with Crippen LogP contribution in [0.15, 0.2) is 12.1 Å². The molecular formula is C16H23NO3. The van der Waals surface area contributed by atoms with E-state index < -0.39 is 0 Å². The average Bonchev–Trinajstić information content (AvgIpc) is 3.01. The number of benzene rings is 1. The zero-order valence-corrected chi connectivity index (χ0v) is 12.5. The van der Waals surface area contributed by atoms with Crippen molar-refractivity contribution in [3.8, 4) is 17.2 Å². The van der Waals surface area contributed by atoms with Crippen molar-refractivity contribution in [2.45, 2.75) is 45.7 Å². The Morgan fingerprint density at radius 3 is 2.90 bits per heavy atom. The summed E-state index contributed by atoms with van der Waals surface area (Å²) in [5.41, 5.74) is 1.56. The van der Waals surface area contributed by atoms with Gasteiger partial charge in [0.1, 0.15) is 0 Å². The highest BCUT2D eigenvalue weighted by Crippen LogP contribution is 2.42. The van der Waals surface area contributed by atoms with Gasteiger partial charge in [-0.1, -0.05) is 20.3 Å². The van der Waals surface area contributed by atoms with Crippen molar-refractivity contribution >= 4 is 0 Å². The first-order valence-corrected chi connectivity index (χ1v) is 7.30. The summed E-state index contributed by atoms with van der Waals surface area (Å²) in [7, 11) is 1.66. The van der Waals surface area contributed by atoms with Crippen LogP contribution in [-0.2, 0) is 6.54 Å². The van der Waals surface area contributed by atoms with Gasteiger partial charge in [0, 0.05) is 12.6 Å². The minimum absolute atomic E-state index is 0.276. The molecule has 4 nitrogen and oxygen atoms in total. The summed E-state index contributed by atoms with van der Waals surface area (Å²) in [4.78, 5) is 0. The van der Waals surface area contributed by atoms with Gasteiger partial charge in [-0.05, 0) is 36.0 Å². The molecule has 1 atom stereocenters. The lowest BCUT2D eigenvalue weighted by molar-refractivity contribution is 0.171. The van der Waals surface area contributed by atoms with Crippen LogP contribution in [-0.4, -0.2) is 19.9 Å². The molecule has 1 unspecified atom stereocenters. The van der Waals surface area contributed by atoms with Crippen molar-refractivity contribution in [2.24, 2.45) is 5.41 Å². The molecule has 1 aliphatic carbocycles. The fourth-order valence-electron chi connectivity index (χ4n) is 3.23. The molecule has 2 aliphatic rings. The summed E-state index contributed by atoms with van der Waals surface area (Å²) in [6.45, 7) is 5.80. The van der Waals surface area contributed by atoms with Gasteiger partial charge in [0.2, 0.25) is 12.5 Å². The predicted molar refractivity (Wildman–Crippen MR) is 77.4 cm³/mol. The first kappa shape index (κ1) is 13.6. The summed E-state index contributed by atoms with van der Waals surface area (Å²) in [6, 6.07) is 4.65. The monoisotopic (exact) mass is 277 g/mol. The lowest BCUT2D eigenvalue weighted by Crippen LogP contribution is -2.37. The maximum atomic E-state index is 5.46. The first-order valence-electron chi connectivity index (χ1n) is 7.30. The molecule has 0 aromatic heterocycles. The molecule has 1 aromatic carbocycles. The normalized spacial score (nSPS) is 23.1. The summed E-state index contributed by atoms with van der Waals surface area (Å²) in [5, 5.41) is 3.68. The van der Waals surface area contributed by atoms with Crippen LogP contribution in [0.25, 0.3) is 0 Å². The van der Waals surface area contributed by atoms with E-state index in [4.69, 9.17) is 14.2 Å². The molecule has 0 saturated heterocycles. The largest absolute Gasteiger partial charge is 0.493 e. The molecule has 1 heterocycles. The second kappa shape index (κ2) is 5.17. The molecule has 3 rings (SSSR count). The number of rotatable bonds is 4. The Hall–Kier alpha value is -1.42. The van der Waals surface area contributed by atoms with Crippen molar-refractivity contribution in [3.63, 3.8) is 0 Å². The first-order chi connectivity index (χ1) is 9.60. The summed E-state index contributed by atoms with van der Waals surface area (Å²) >= 11 is 0. The molecule has 0 amide bonds. The molecule has 1 aliphatic heterocycles. The second-order valence-electron chi connectivity index (χ2n) is 6.35. The van der Waals surface area contributed by atoms with E-state index >= 15 is 0 Å². The van der Waals surface area contributed by atoms with Crippen LogP contribution in [0.1, 0.15) is 38.7 Å². The predicted octanol–water partition coefficient (Wildman–Crippen LogP) is 3.09. The van der Waals surface area contributed by atoms with E-state index in [0.29, 0.717) is 11.5 Å². The van der Waals surface area contributed by atoms with Gasteiger partial charge < -0.3 is 19.5 Å². The standard InChI is InChI=1S/C16H23NO3/c1-16(2)6-4-5-14(16)17-9-11-7-12(18-3)15-13(8-11)19-10-20-15/h7-8,14,17H,4-6,9-10H2,1-3H3. The van der Waals surface area contributed by atoms with Gasteiger partial charge in [-0.25, -0.2) is 0 Å². The van der Waals surface area contributed by atoms with E-state index in [9.17, 15) is 0 Å². The number of methoxy groups -OCH3 is 1. The Balaban J connectivity index is 1.72. The molecule has 4 heteroatoms. The van der Waals surface area contributed by atoms with Crippen molar-refractivity contribution in [1.29, 1.82) is 0 Å². The lowest BCUT2D eigenvalue weighted by Gasteiger charge is -2.28. The molecule has 0 radical (unpaired) electrons. The quantitative estimate of drug-likeness (QED) is 0.918. The van der Waals surface area contributed by atoms with Crippen LogP contribution < -0.4 is 19.5 Å². The number of nitrogens with one attached hydrogen (secondary N) is 1. The molecular weight excluding hydrogens is 254 g/mol. The average molecular weight is 277 g/mol. The maximum absolute atomic E-state index is 5.46. The molecule has 1 N–H and O–H groups in total. The maximum Gasteiger partial charge on any atom is 0.231 e. The Kier molecular flexibility index (Phi) is 3.50. The number of hydrogen-bond donors (Lipinski definition) is 1. The second-order valence-corrected chi connectivity index (χ2v) is 6.35. The van der Waals surface area contributed by atoms with Gasteiger partial charge in [0.05, 0.1) is 7.11 Å². The van der Waals surface area contributed by atoms with Crippen molar-refractivity contribution < 1.29 is 14.2 Å². The zero-order valence-electron chi connectivity index (χ0n) is 12.5. The van der Waals surface area contributed by atoms with Crippen molar-refractivity contribution in [1.82, 2.24) is 5.32 Å². The molecule has 0 bridgehead atoms. The van der Waals surface area contributed by atoms with Crippen molar-refractivity contribution in [3.05, 3.63) is 17.7 Å². The van der Waals surface area contributed by atoms with Crippen LogP contribution in [0.2, 0.25) is 0 Å². The highest BCUT2D eigenvalue weighted by molar-refractivity contribution is 5.55. The summed E-state index contributed by atoms with van der Waals surface area (Å²) in [6.07, 6.45) is 3.87. The Morgan fingerprint density at radius 1 is 1.35 bits per heavy atom. The van der Waals surface area contributed by atoms with Crippen LogP contribution >= 0.6 is 0 Å². The molecule has 1 saturated carbocycles. The summed E-state index contributed by atoms with van der Waals surface area (Å²) in [5.74, 6) is 2.26. The van der Waals surface area contributed by atoms with Crippen molar-refractivity contribution in [2.75, 3.05) is 13.9 Å². The molecule has 1 aromatic rings. The third-order valence-electron chi connectivity index (χ3n) is 4.53. The van der Waals surface area contributed by atoms with Crippen LogP contribution in [0.5, 0.6) is 17.2 Å². The molecule has 1 fully saturated rings. The van der Waals surface area contributed by atoms with Crippen LogP contribution in [0.4, 0.5) is 0 Å². The van der Waals surface area contributed by atoms with Crippen LogP contribution in [0.3, 0.4) is 0 Å². The minimum atomic E-state index is 0.276. The van der Waals surface area contributed by atoms with Gasteiger partial charge >= 0.3 is 0 Å².